The van der Waals surface area contributed by atoms with Crippen molar-refractivity contribution in [2.75, 3.05) is 0 Å². The zero-order valence-electron chi connectivity index (χ0n) is 14.9. The second-order valence-electron chi connectivity index (χ2n) is 6.97. The first-order chi connectivity index (χ1) is 13.6. The van der Waals surface area contributed by atoms with Crippen molar-refractivity contribution in [3.8, 4) is 0 Å². The highest BCUT2D eigenvalue weighted by Gasteiger charge is 2.15. The van der Waals surface area contributed by atoms with Crippen LogP contribution in [0, 0.1) is 0 Å². The van der Waals surface area contributed by atoms with E-state index in [2.05, 4.69) is 65.7 Å². The van der Waals surface area contributed by atoms with Crippen molar-refractivity contribution in [2.45, 2.75) is 19.2 Å². The third-order valence-electron chi connectivity index (χ3n) is 5.12. The highest BCUT2D eigenvalue weighted by atomic mass is 79.9. The Kier molecular flexibility index (Phi) is 4.50. The first-order valence-corrected chi connectivity index (χ1v) is 10.6. The van der Waals surface area contributed by atoms with Gasteiger partial charge < -0.3 is 14.2 Å². The van der Waals surface area contributed by atoms with Crippen LogP contribution in [0.3, 0.4) is 0 Å². The number of aliphatic hydroxyl groups is 1. The lowest BCUT2D eigenvalue weighted by atomic mass is 10.2. The maximum absolute atomic E-state index is 10.9. The minimum absolute atomic E-state index is 0.495. The van der Waals surface area contributed by atoms with Gasteiger partial charge >= 0.3 is 0 Å². The smallest absolute Gasteiger partial charge is 0.0959 e. The average Bonchev–Trinajstić information content (AvgIpc) is 3.21. The number of hydrogen-bond donors (Lipinski definition) is 1. The summed E-state index contributed by atoms with van der Waals surface area (Å²) in [6, 6.07) is 20.6. The van der Waals surface area contributed by atoms with Crippen LogP contribution in [0.4, 0.5) is 0 Å². The Balaban J connectivity index is 1.55. The van der Waals surface area contributed by atoms with Crippen molar-refractivity contribution < 1.29 is 5.11 Å². The Morgan fingerprint density at radius 3 is 2.14 bits per heavy atom. The second-order valence-corrected chi connectivity index (χ2v) is 8.80. The van der Waals surface area contributed by atoms with Gasteiger partial charge in [0.1, 0.15) is 0 Å². The number of benzene rings is 3. The van der Waals surface area contributed by atoms with Gasteiger partial charge in [-0.1, -0.05) is 44.0 Å². The molecule has 28 heavy (non-hydrogen) atoms. The zero-order chi connectivity index (χ0) is 19.3. The SMILES string of the molecule is O[C@@H](Cn1cnc2ccccc21)Cn1c2ccc(Br)cc2c2cc(Br)ccc21. The fourth-order valence-corrected chi connectivity index (χ4v) is 4.62. The molecule has 0 saturated carbocycles. The van der Waals surface area contributed by atoms with Gasteiger partial charge in [0, 0.05) is 30.8 Å². The summed E-state index contributed by atoms with van der Waals surface area (Å²) in [5, 5.41) is 13.2. The third-order valence-corrected chi connectivity index (χ3v) is 6.10. The Morgan fingerprint density at radius 2 is 1.46 bits per heavy atom. The average molecular weight is 499 g/mol. The first-order valence-electron chi connectivity index (χ1n) is 9.05. The van der Waals surface area contributed by atoms with Gasteiger partial charge in [-0.05, 0) is 48.5 Å². The van der Waals surface area contributed by atoms with E-state index in [0.29, 0.717) is 13.1 Å². The number of imidazole rings is 1. The van der Waals surface area contributed by atoms with Gasteiger partial charge in [0.05, 0.1) is 36.6 Å². The quantitative estimate of drug-likeness (QED) is 0.344. The van der Waals surface area contributed by atoms with Crippen LogP contribution >= 0.6 is 31.9 Å². The van der Waals surface area contributed by atoms with E-state index in [4.69, 9.17) is 0 Å². The summed E-state index contributed by atoms with van der Waals surface area (Å²) >= 11 is 7.16. The molecule has 0 aliphatic carbocycles. The molecule has 3 aromatic carbocycles. The molecule has 140 valence electrons. The van der Waals surface area contributed by atoms with Crippen molar-refractivity contribution >= 4 is 64.7 Å². The Bertz CT molecular complexity index is 1260. The lowest BCUT2D eigenvalue weighted by molar-refractivity contribution is 0.138. The predicted molar refractivity (Wildman–Crippen MR) is 121 cm³/mol. The van der Waals surface area contributed by atoms with Crippen LogP contribution in [0.2, 0.25) is 0 Å². The van der Waals surface area contributed by atoms with Crippen molar-refractivity contribution in [2.24, 2.45) is 0 Å². The molecular weight excluding hydrogens is 482 g/mol. The third kappa shape index (κ3) is 3.05. The number of aliphatic hydroxyl groups excluding tert-OH is 1. The van der Waals surface area contributed by atoms with Gasteiger partial charge in [0.15, 0.2) is 0 Å². The lowest BCUT2D eigenvalue weighted by Crippen LogP contribution is -2.21. The van der Waals surface area contributed by atoms with Gasteiger partial charge in [-0.3, -0.25) is 0 Å². The number of hydrogen-bond acceptors (Lipinski definition) is 2. The van der Waals surface area contributed by atoms with E-state index in [1.54, 1.807) is 6.33 Å². The van der Waals surface area contributed by atoms with Gasteiger partial charge in [-0.25, -0.2) is 4.98 Å². The fourth-order valence-electron chi connectivity index (χ4n) is 3.90. The highest BCUT2D eigenvalue weighted by Crippen LogP contribution is 2.33. The molecule has 0 saturated heterocycles. The van der Waals surface area contributed by atoms with Crippen LogP contribution in [-0.2, 0) is 13.1 Å². The predicted octanol–water partition coefficient (Wildman–Crippen LogP) is 5.73. The van der Waals surface area contributed by atoms with E-state index in [-0.39, 0.29) is 0 Å². The van der Waals surface area contributed by atoms with Crippen molar-refractivity contribution in [3.63, 3.8) is 0 Å². The van der Waals surface area contributed by atoms with E-state index in [1.807, 2.05) is 41.0 Å². The second kappa shape index (κ2) is 7.03. The molecule has 1 atom stereocenters. The molecule has 0 amide bonds. The van der Waals surface area contributed by atoms with Gasteiger partial charge in [0.2, 0.25) is 0 Å². The summed E-state index contributed by atoms with van der Waals surface area (Å²) in [6.45, 7) is 1.00. The number of nitrogens with zero attached hydrogens (tertiary/aromatic N) is 3. The summed E-state index contributed by atoms with van der Waals surface area (Å²) < 4.78 is 6.31. The number of halogens is 2. The molecule has 0 spiro atoms. The molecule has 0 bridgehead atoms. The molecule has 0 aliphatic heterocycles. The normalized spacial score (nSPS) is 13.0. The van der Waals surface area contributed by atoms with Gasteiger partial charge in [-0.2, -0.15) is 0 Å². The van der Waals surface area contributed by atoms with E-state index in [9.17, 15) is 5.11 Å². The summed E-state index contributed by atoms with van der Waals surface area (Å²) in [6.07, 6.45) is 1.26. The van der Waals surface area contributed by atoms with Crippen LogP contribution in [0.25, 0.3) is 32.8 Å². The molecule has 2 heterocycles. The van der Waals surface area contributed by atoms with E-state index in [1.165, 1.54) is 10.8 Å². The Morgan fingerprint density at radius 1 is 0.821 bits per heavy atom. The van der Waals surface area contributed by atoms with Crippen molar-refractivity contribution in [1.29, 1.82) is 0 Å². The molecule has 0 radical (unpaired) electrons. The molecule has 4 nitrogen and oxygen atoms in total. The standard InChI is InChI=1S/C22H17Br2N3O/c23-14-5-7-20-17(9-14)18-10-15(24)6-8-21(18)27(20)12-16(28)11-26-13-25-19-3-1-2-4-22(19)26/h1-10,13,16,28H,11-12H2/t16-/m0/s1. The number of fused-ring (bicyclic) bond motifs is 4. The van der Waals surface area contributed by atoms with Gasteiger partial charge in [0.25, 0.3) is 0 Å². The Labute approximate surface area is 178 Å². The molecule has 5 rings (SSSR count). The minimum Gasteiger partial charge on any atom is -0.389 e. The number of aromatic nitrogens is 3. The van der Waals surface area contributed by atoms with E-state index in [0.717, 1.165) is 31.0 Å². The lowest BCUT2D eigenvalue weighted by Gasteiger charge is -2.15. The number of para-hydroxylation sites is 2. The summed E-state index contributed by atoms with van der Waals surface area (Å²) in [4.78, 5) is 4.42. The monoisotopic (exact) mass is 497 g/mol. The molecule has 5 aromatic rings. The molecule has 2 aromatic heterocycles. The van der Waals surface area contributed by atoms with Crippen LogP contribution in [0.15, 0.2) is 75.9 Å². The maximum Gasteiger partial charge on any atom is 0.0959 e. The number of rotatable bonds is 4. The molecule has 0 fully saturated rings. The van der Waals surface area contributed by atoms with Crippen LogP contribution < -0.4 is 0 Å². The maximum atomic E-state index is 10.9. The summed E-state index contributed by atoms with van der Waals surface area (Å²) in [5.74, 6) is 0. The van der Waals surface area contributed by atoms with Gasteiger partial charge in [-0.15, -0.1) is 0 Å². The van der Waals surface area contributed by atoms with Crippen molar-refractivity contribution in [1.82, 2.24) is 14.1 Å². The van der Waals surface area contributed by atoms with Crippen LogP contribution in [-0.4, -0.2) is 25.3 Å². The zero-order valence-corrected chi connectivity index (χ0v) is 18.1. The summed E-state index contributed by atoms with van der Waals surface area (Å²) in [5.41, 5.74) is 4.22. The molecular formula is C22H17Br2N3O. The topological polar surface area (TPSA) is 43.0 Å². The van der Waals surface area contributed by atoms with E-state index < -0.39 is 6.10 Å². The molecule has 0 unspecified atom stereocenters. The minimum atomic E-state index is -0.538. The van der Waals surface area contributed by atoms with E-state index >= 15 is 0 Å². The molecule has 1 N–H and O–H groups in total. The Hall–Kier alpha value is -2.15. The first kappa shape index (κ1) is 17.9. The largest absolute Gasteiger partial charge is 0.389 e. The van der Waals surface area contributed by atoms with Crippen molar-refractivity contribution in [3.05, 3.63) is 75.9 Å². The highest BCUT2D eigenvalue weighted by molar-refractivity contribution is 9.10. The van der Waals surface area contributed by atoms with Crippen LogP contribution in [0.5, 0.6) is 0 Å². The summed E-state index contributed by atoms with van der Waals surface area (Å²) in [7, 11) is 0. The molecule has 6 heteroatoms. The molecule has 0 aliphatic rings. The fraction of sp³-hybridized carbons (Fsp3) is 0.136. The van der Waals surface area contributed by atoms with Crippen LogP contribution in [0.1, 0.15) is 0 Å².